The molecule has 0 spiro atoms. The van der Waals surface area contributed by atoms with Crippen molar-refractivity contribution in [3.63, 3.8) is 0 Å². The van der Waals surface area contributed by atoms with Crippen LogP contribution in [0.2, 0.25) is 0 Å². The number of hydrogen-bond donors (Lipinski definition) is 1. The van der Waals surface area contributed by atoms with E-state index < -0.39 is 0 Å². The van der Waals surface area contributed by atoms with Gasteiger partial charge < -0.3 is 15.0 Å². The Morgan fingerprint density at radius 3 is 1.88 bits per heavy atom. The Morgan fingerprint density at radius 2 is 1.71 bits per heavy atom. The highest BCUT2D eigenvalue weighted by Crippen LogP contribution is 2.05. The van der Waals surface area contributed by atoms with Crippen molar-refractivity contribution in [2.45, 2.75) is 46.6 Å². The summed E-state index contributed by atoms with van der Waals surface area (Å²) in [4.78, 5) is 22.7. The number of amides is 2. The van der Waals surface area contributed by atoms with Gasteiger partial charge in [-0.1, -0.05) is 6.92 Å². The van der Waals surface area contributed by atoms with Crippen LogP contribution in [0.1, 0.15) is 42.5 Å². The highest BCUT2D eigenvalue weighted by Gasteiger charge is 2.14. The van der Waals surface area contributed by atoms with Gasteiger partial charge in [0.2, 0.25) is 5.91 Å². The molecule has 0 aromatic rings. The maximum atomic E-state index is 10.7. The van der Waals surface area contributed by atoms with Crippen molar-refractivity contribution in [3.8, 4) is 0 Å². The Morgan fingerprint density at radius 1 is 1.24 bits per heavy atom. The fourth-order valence-corrected chi connectivity index (χ4v) is 0.775. The van der Waals surface area contributed by atoms with Gasteiger partial charge in [-0.05, 0) is 27.7 Å². The van der Waals surface area contributed by atoms with E-state index in [1.54, 1.807) is 19.0 Å². The molecular weight excluding hydrogens is 220 g/mol. The first-order valence-corrected chi connectivity index (χ1v) is 5.81. The van der Waals surface area contributed by atoms with E-state index in [-0.39, 0.29) is 19.0 Å². The van der Waals surface area contributed by atoms with E-state index in [1.807, 2.05) is 34.6 Å². The third-order valence-corrected chi connectivity index (χ3v) is 1.52. The molecule has 2 amide bonds. The van der Waals surface area contributed by atoms with E-state index in [9.17, 15) is 9.59 Å². The lowest BCUT2D eigenvalue weighted by Gasteiger charge is -2.19. The molecule has 0 unspecified atom stereocenters. The number of rotatable bonds is 2. The highest BCUT2D eigenvalue weighted by molar-refractivity contribution is 5.75. The topological polar surface area (TPSA) is 58.6 Å². The lowest BCUT2D eigenvalue weighted by atomic mass is 10.2. The Labute approximate surface area is 106 Å². The molecular formula is C12H28N2O3. The molecule has 0 bridgehead atoms. The third-order valence-electron chi connectivity index (χ3n) is 1.52. The van der Waals surface area contributed by atoms with Crippen molar-refractivity contribution in [2.24, 2.45) is 0 Å². The third kappa shape index (κ3) is 14.7. The van der Waals surface area contributed by atoms with E-state index in [2.05, 4.69) is 5.32 Å². The van der Waals surface area contributed by atoms with Crippen molar-refractivity contribution in [2.75, 3.05) is 20.6 Å². The smallest absolute Gasteiger partial charge is 0.407 e. The predicted octanol–water partition coefficient (Wildman–Crippen LogP) is 2.26. The van der Waals surface area contributed by atoms with E-state index in [0.29, 0.717) is 13.0 Å². The van der Waals surface area contributed by atoms with Gasteiger partial charge in [0.1, 0.15) is 5.60 Å². The number of ether oxygens (including phenoxy) is 1. The fraction of sp³-hybridized carbons (Fsp3) is 0.833. The second kappa shape index (κ2) is 8.84. The van der Waals surface area contributed by atoms with Crippen molar-refractivity contribution in [3.05, 3.63) is 0 Å². The average Bonchev–Trinajstić information content (AvgIpc) is 2.14. The van der Waals surface area contributed by atoms with Gasteiger partial charge in [-0.15, -0.1) is 0 Å². The molecule has 5 heteroatoms. The van der Waals surface area contributed by atoms with Crippen LogP contribution >= 0.6 is 0 Å². The normalized spacial score (nSPS) is 9.82. The average molecular weight is 248 g/mol. The van der Waals surface area contributed by atoms with Gasteiger partial charge in [-0.2, -0.15) is 0 Å². The van der Waals surface area contributed by atoms with Crippen molar-refractivity contribution >= 4 is 12.0 Å². The maximum Gasteiger partial charge on any atom is 0.407 e. The van der Waals surface area contributed by atoms with Gasteiger partial charge in [-0.3, -0.25) is 4.79 Å². The summed E-state index contributed by atoms with van der Waals surface area (Å²) in [7, 11) is 3.51. The molecule has 0 atom stereocenters. The summed E-state index contributed by atoms with van der Waals surface area (Å²) in [5.41, 5.74) is -0.390. The second-order valence-corrected chi connectivity index (χ2v) is 4.67. The van der Waals surface area contributed by atoms with E-state index in [0.717, 1.165) is 0 Å². The molecule has 0 fully saturated rings. The van der Waals surface area contributed by atoms with Crippen LogP contribution in [0, 0.1) is 0 Å². The summed E-state index contributed by atoms with van der Waals surface area (Å²) in [6, 6.07) is 0. The van der Waals surface area contributed by atoms with Gasteiger partial charge in [-0.25, -0.2) is 4.79 Å². The Balaban J connectivity index is -0.000000251. The van der Waals surface area contributed by atoms with Gasteiger partial charge >= 0.3 is 6.09 Å². The van der Waals surface area contributed by atoms with Crippen LogP contribution in [0.5, 0.6) is 0 Å². The van der Waals surface area contributed by atoms with Crippen LogP contribution in [0.25, 0.3) is 0 Å². The zero-order chi connectivity index (χ0) is 14.1. The fourth-order valence-electron chi connectivity index (χ4n) is 0.775. The Kier molecular flexibility index (Phi) is 9.42. The van der Waals surface area contributed by atoms with E-state index >= 15 is 0 Å². The molecule has 0 aliphatic carbocycles. The standard InChI is InChI=1S/C7H15NO2.C5H11NO.H2/c1-5-8-6(9)10-7(2,3)4;1-4-5(7)6(2)3;/h5H2,1-4H3,(H,8,9);4H2,1-3H3;1H. The van der Waals surface area contributed by atoms with Gasteiger partial charge in [0, 0.05) is 28.5 Å². The maximum absolute atomic E-state index is 10.7. The lowest BCUT2D eigenvalue weighted by Crippen LogP contribution is -2.32. The quantitative estimate of drug-likeness (QED) is 0.815. The molecule has 0 rings (SSSR count). The first-order valence-electron chi connectivity index (χ1n) is 5.81. The summed E-state index contributed by atoms with van der Waals surface area (Å²) in [5.74, 6) is 0.181. The summed E-state index contributed by atoms with van der Waals surface area (Å²) in [6.45, 7) is 9.81. The van der Waals surface area contributed by atoms with Crippen LogP contribution in [0.4, 0.5) is 4.79 Å². The zero-order valence-corrected chi connectivity index (χ0v) is 12.1. The molecule has 0 aromatic carbocycles. The van der Waals surface area contributed by atoms with Gasteiger partial charge in [0.15, 0.2) is 0 Å². The number of nitrogens with zero attached hydrogens (tertiary/aromatic N) is 1. The summed E-state index contributed by atoms with van der Waals surface area (Å²) in [6.07, 6.45) is 0.252. The molecule has 5 nitrogen and oxygen atoms in total. The second-order valence-electron chi connectivity index (χ2n) is 4.67. The number of carbonyl (C=O) groups excluding carboxylic acids is 2. The van der Waals surface area contributed by atoms with Crippen LogP contribution in [0.3, 0.4) is 0 Å². The van der Waals surface area contributed by atoms with Crippen molar-refractivity contribution < 1.29 is 15.8 Å². The highest BCUT2D eigenvalue weighted by atomic mass is 16.6. The molecule has 0 saturated carbocycles. The van der Waals surface area contributed by atoms with Crippen LogP contribution in [-0.2, 0) is 9.53 Å². The molecule has 0 aromatic heterocycles. The minimum absolute atomic E-state index is 0. The van der Waals surface area contributed by atoms with Gasteiger partial charge in [0.25, 0.3) is 0 Å². The monoisotopic (exact) mass is 248 g/mol. The first-order chi connectivity index (χ1) is 7.64. The van der Waals surface area contributed by atoms with E-state index in [4.69, 9.17) is 4.74 Å². The molecule has 0 radical (unpaired) electrons. The zero-order valence-electron chi connectivity index (χ0n) is 12.1. The minimum atomic E-state index is -0.390. The molecule has 0 aliphatic heterocycles. The molecule has 104 valence electrons. The molecule has 0 aliphatic rings. The number of hydrogen-bond acceptors (Lipinski definition) is 3. The summed E-state index contributed by atoms with van der Waals surface area (Å²) < 4.78 is 4.93. The molecule has 1 N–H and O–H groups in total. The summed E-state index contributed by atoms with van der Waals surface area (Å²) in [5, 5.41) is 2.54. The number of alkyl carbamates (subject to hydrolysis) is 1. The summed E-state index contributed by atoms with van der Waals surface area (Å²) >= 11 is 0. The van der Waals surface area contributed by atoms with Gasteiger partial charge in [0.05, 0.1) is 0 Å². The number of carbonyl (C=O) groups is 2. The minimum Gasteiger partial charge on any atom is -0.444 e. The van der Waals surface area contributed by atoms with Crippen LogP contribution < -0.4 is 5.32 Å². The lowest BCUT2D eigenvalue weighted by molar-refractivity contribution is -0.128. The van der Waals surface area contributed by atoms with E-state index in [1.165, 1.54) is 0 Å². The SMILES string of the molecule is CCC(=O)N(C)C.CCNC(=O)OC(C)(C)C.[HH]. The van der Waals surface area contributed by atoms with Crippen LogP contribution in [-0.4, -0.2) is 43.1 Å². The predicted molar refractivity (Wildman–Crippen MR) is 71.0 cm³/mol. The van der Waals surface area contributed by atoms with Crippen LogP contribution in [0.15, 0.2) is 0 Å². The Bertz CT molecular complexity index is 238. The molecule has 0 heterocycles. The largest absolute Gasteiger partial charge is 0.444 e. The molecule has 0 saturated heterocycles. The Hall–Kier alpha value is -1.26. The number of nitrogens with one attached hydrogen (secondary N) is 1. The van der Waals surface area contributed by atoms with Crippen molar-refractivity contribution in [1.82, 2.24) is 10.2 Å². The molecule has 17 heavy (non-hydrogen) atoms. The van der Waals surface area contributed by atoms with Crippen molar-refractivity contribution in [1.29, 1.82) is 0 Å². The first kappa shape index (κ1) is 18.1.